The van der Waals surface area contributed by atoms with Gasteiger partial charge < -0.3 is 25.0 Å². The molecule has 0 unspecified atom stereocenters. The van der Waals surface area contributed by atoms with Crippen molar-refractivity contribution in [3.05, 3.63) is 47.5 Å². The van der Waals surface area contributed by atoms with E-state index in [9.17, 15) is 14.4 Å². The van der Waals surface area contributed by atoms with E-state index in [1.807, 2.05) is 58.0 Å². The zero-order valence-corrected chi connectivity index (χ0v) is 23.5. The van der Waals surface area contributed by atoms with E-state index in [0.717, 1.165) is 5.56 Å². The van der Waals surface area contributed by atoms with Crippen LogP contribution in [-0.4, -0.2) is 74.7 Å². The summed E-state index contributed by atoms with van der Waals surface area (Å²) in [4.78, 5) is 40.9. The SMILES string of the molecule is CCOC(=O)C(C)=C[C@H](C(C)C)N(C)C(=O)[C@@H](NC(=O)[C@@H](NC)C(C)(C)c1ccccc1)[C@@H](C)OC. The van der Waals surface area contributed by atoms with Gasteiger partial charge in [0.25, 0.3) is 0 Å². The minimum atomic E-state index is -0.924. The van der Waals surface area contributed by atoms with Gasteiger partial charge in [0.2, 0.25) is 11.8 Å². The molecule has 4 atom stereocenters. The molecule has 0 radical (unpaired) electrons. The zero-order chi connectivity index (χ0) is 27.6. The summed E-state index contributed by atoms with van der Waals surface area (Å²) in [5.74, 6) is -1.02. The number of carbonyl (C=O) groups is 3. The van der Waals surface area contributed by atoms with Crippen LogP contribution in [0.25, 0.3) is 0 Å². The molecule has 2 N–H and O–H groups in total. The Balaban J connectivity index is 3.25. The van der Waals surface area contributed by atoms with Crippen molar-refractivity contribution >= 4 is 17.8 Å². The molecule has 0 spiro atoms. The molecule has 8 nitrogen and oxygen atoms in total. The normalized spacial score (nSPS) is 15.6. The summed E-state index contributed by atoms with van der Waals surface area (Å²) in [6, 6.07) is 7.87. The fourth-order valence-corrected chi connectivity index (χ4v) is 4.29. The second kappa shape index (κ2) is 14.1. The van der Waals surface area contributed by atoms with Gasteiger partial charge in [-0.25, -0.2) is 4.79 Å². The molecule has 0 fully saturated rings. The maximum absolute atomic E-state index is 13.7. The Labute approximate surface area is 216 Å². The number of benzene rings is 1. The van der Waals surface area contributed by atoms with Gasteiger partial charge in [0.05, 0.1) is 24.8 Å². The second-order valence-electron chi connectivity index (χ2n) is 9.99. The molecule has 1 rings (SSSR count). The van der Waals surface area contributed by atoms with Gasteiger partial charge in [0, 0.05) is 25.1 Å². The average Bonchev–Trinajstić information content (AvgIpc) is 2.85. The Morgan fingerprint density at radius 2 is 1.69 bits per heavy atom. The molecule has 8 heteroatoms. The van der Waals surface area contributed by atoms with Crippen LogP contribution in [0.5, 0.6) is 0 Å². The molecule has 1 aromatic carbocycles. The summed E-state index contributed by atoms with van der Waals surface area (Å²) in [6.45, 7) is 13.4. The minimum absolute atomic E-state index is 0.0135. The number of ether oxygens (including phenoxy) is 2. The quantitative estimate of drug-likeness (QED) is 0.317. The number of nitrogens with one attached hydrogen (secondary N) is 2. The van der Waals surface area contributed by atoms with Gasteiger partial charge in [-0.05, 0) is 39.3 Å². The topological polar surface area (TPSA) is 97.0 Å². The molecular formula is C28H45N3O5. The number of rotatable bonds is 13. The van der Waals surface area contributed by atoms with Crippen molar-refractivity contribution in [2.75, 3.05) is 27.8 Å². The second-order valence-corrected chi connectivity index (χ2v) is 9.99. The third-order valence-electron chi connectivity index (χ3n) is 6.69. The van der Waals surface area contributed by atoms with Crippen LogP contribution in [0.2, 0.25) is 0 Å². The van der Waals surface area contributed by atoms with Crippen LogP contribution in [-0.2, 0) is 29.3 Å². The lowest BCUT2D eigenvalue weighted by Crippen LogP contribution is -2.61. The largest absolute Gasteiger partial charge is 0.463 e. The molecule has 0 aliphatic rings. The summed E-state index contributed by atoms with van der Waals surface area (Å²) >= 11 is 0. The highest BCUT2D eigenvalue weighted by atomic mass is 16.5. The number of carbonyl (C=O) groups excluding carboxylic acids is 3. The van der Waals surface area contributed by atoms with E-state index in [2.05, 4.69) is 10.6 Å². The first kappa shape index (κ1) is 31.3. The van der Waals surface area contributed by atoms with Crippen LogP contribution >= 0.6 is 0 Å². The number of esters is 1. The standard InChI is InChI=1S/C28H45N3O5/c1-11-36-27(34)19(4)17-22(18(2)3)31(9)26(33)23(20(5)35-10)30-25(32)24(29-8)28(6,7)21-15-13-12-14-16-21/h12-18,20,22-24,29H,11H2,1-10H3,(H,30,32)/t20-,22-,23+,24-/m1/s1. The molecule has 2 amide bonds. The maximum Gasteiger partial charge on any atom is 0.333 e. The Morgan fingerprint density at radius 3 is 2.17 bits per heavy atom. The molecule has 0 bridgehead atoms. The van der Waals surface area contributed by atoms with E-state index < -0.39 is 29.6 Å². The van der Waals surface area contributed by atoms with E-state index in [-0.39, 0.29) is 30.4 Å². The number of hydrogen-bond acceptors (Lipinski definition) is 6. The first-order valence-electron chi connectivity index (χ1n) is 12.5. The minimum Gasteiger partial charge on any atom is -0.463 e. The number of amides is 2. The monoisotopic (exact) mass is 503 g/mol. The van der Waals surface area contributed by atoms with Crippen molar-refractivity contribution in [3.8, 4) is 0 Å². The highest BCUT2D eigenvalue weighted by molar-refractivity contribution is 5.91. The van der Waals surface area contributed by atoms with Gasteiger partial charge in [-0.3, -0.25) is 9.59 Å². The van der Waals surface area contributed by atoms with E-state index in [0.29, 0.717) is 5.57 Å². The van der Waals surface area contributed by atoms with Crippen molar-refractivity contribution in [2.24, 2.45) is 5.92 Å². The number of hydrogen-bond donors (Lipinski definition) is 2. The van der Waals surface area contributed by atoms with Gasteiger partial charge >= 0.3 is 5.97 Å². The van der Waals surface area contributed by atoms with E-state index in [4.69, 9.17) is 9.47 Å². The Kier molecular flexibility index (Phi) is 12.3. The first-order chi connectivity index (χ1) is 16.8. The smallest absolute Gasteiger partial charge is 0.333 e. The molecule has 0 saturated carbocycles. The molecule has 1 aromatic rings. The van der Waals surface area contributed by atoms with Crippen LogP contribution in [0.4, 0.5) is 0 Å². The predicted molar refractivity (Wildman–Crippen MR) is 143 cm³/mol. The highest BCUT2D eigenvalue weighted by Gasteiger charge is 2.39. The highest BCUT2D eigenvalue weighted by Crippen LogP contribution is 2.27. The van der Waals surface area contributed by atoms with Crippen LogP contribution in [0.1, 0.15) is 54.0 Å². The molecule has 0 aromatic heterocycles. The van der Waals surface area contributed by atoms with Gasteiger partial charge in [0.1, 0.15) is 6.04 Å². The lowest BCUT2D eigenvalue weighted by Gasteiger charge is -2.37. The molecular weight excluding hydrogens is 458 g/mol. The summed E-state index contributed by atoms with van der Waals surface area (Å²) < 4.78 is 10.6. The average molecular weight is 504 g/mol. The lowest BCUT2D eigenvalue weighted by molar-refractivity contribution is -0.141. The molecule has 0 aliphatic heterocycles. The Bertz CT molecular complexity index is 898. The van der Waals surface area contributed by atoms with E-state index in [1.54, 1.807) is 45.8 Å². The predicted octanol–water partition coefficient (Wildman–Crippen LogP) is 3.06. The Hall–Kier alpha value is -2.71. The number of methoxy groups -OCH3 is 1. The van der Waals surface area contributed by atoms with Gasteiger partial charge in [0.15, 0.2) is 0 Å². The lowest BCUT2D eigenvalue weighted by atomic mass is 9.77. The van der Waals surface area contributed by atoms with Gasteiger partial charge in [-0.1, -0.05) is 64.1 Å². The van der Waals surface area contributed by atoms with Crippen LogP contribution in [0, 0.1) is 5.92 Å². The molecule has 0 saturated heterocycles. The summed E-state index contributed by atoms with van der Waals surface area (Å²) in [7, 11) is 4.91. The van der Waals surface area contributed by atoms with E-state index in [1.165, 1.54) is 7.11 Å². The van der Waals surface area contributed by atoms with Crippen LogP contribution < -0.4 is 10.6 Å². The van der Waals surface area contributed by atoms with E-state index >= 15 is 0 Å². The molecule has 36 heavy (non-hydrogen) atoms. The number of likely N-dealkylation sites (N-methyl/N-ethyl adjacent to an activating group) is 2. The fraction of sp³-hybridized carbons (Fsp3) is 0.607. The summed E-state index contributed by atoms with van der Waals surface area (Å²) in [5.41, 5.74) is 0.879. The van der Waals surface area contributed by atoms with Crippen LogP contribution in [0.3, 0.4) is 0 Å². The van der Waals surface area contributed by atoms with Crippen molar-refractivity contribution in [3.63, 3.8) is 0 Å². The molecule has 0 heterocycles. The fourth-order valence-electron chi connectivity index (χ4n) is 4.29. The van der Waals surface area contributed by atoms with Gasteiger partial charge in [-0.15, -0.1) is 0 Å². The third kappa shape index (κ3) is 7.90. The van der Waals surface area contributed by atoms with Crippen LogP contribution in [0.15, 0.2) is 42.0 Å². The summed E-state index contributed by atoms with van der Waals surface area (Å²) in [6.07, 6.45) is 1.16. The van der Waals surface area contributed by atoms with Crippen molar-refractivity contribution in [1.29, 1.82) is 0 Å². The van der Waals surface area contributed by atoms with Crippen molar-refractivity contribution in [1.82, 2.24) is 15.5 Å². The molecule has 0 aliphatic carbocycles. The maximum atomic E-state index is 13.7. The van der Waals surface area contributed by atoms with Crippen molar-refractivity contribution in [2.45, 2.75) is 78.1 Å². The molecule has 202 valence electrons. The summed E-state index contributed by atoms with van der Waals surface area (Å²) in [5, 5.41) is 6.06. The van der Waals surface area contributed by atoms with Gasteiger partial charge in [-0.2, -0.15) is 0 Å². The zero-order valence-electron chi connectivity index (χ0n) is 23.5. The van der Waals surface area contributed by atoms with Crippen molar-refractivity contribution < 1.29 is 23.9 Å². The Morgan fingerprint density at radius 1 is 1.11 bits per heavy atom. The third-order valence-corrected chi connectivity index (χ3v) is 6.69. The number of nitrogens with zero attached hydrogens (tertiary/aromatic N) is 1. The first-order valence-corrected chi connectivity index (χ1v) is 12.5.